The lowest BCUT2D eigenvalue weighted by Gasteiger charge is -2.14. The first-order valence-electron chi connectivity index (χ1n) is 8.06. The molecule has 0 aromatic heterocycles. The van der Waals surface area contributed by atoms with E-state index in [-0.39, 0.29) is 10.6 Å². The van der Waals surface area contributed by atoms with Crippen molar-refractivity contribution < 1.29 is 19.1 Å². The SMILES string of the molecule is Cc1cccc(NC(=O)[C@@H](C)OC(=O)CNC(=O)c2ccc(Cl)cc2Cl)c1. The van der Waals surface area contributed by atoms with E-state index in [1.807, 2.05) is 13.0 Å². The molecule has 0 radical (unpaired) electrons. The molecule has 0 fully saturated rings. The van der Waals surface area contributed by atoms with Gasteiger partial charge >= 0.3 is 5.97 Å². The van der Waals surface area contributed by atoms with Crippen molar-refractivity contribution in [3.8, 4) is 0 Å². The number of hydrogen-bond donors (Lipinski definition) is 2. The molecule has 0 aliphatic carbocycles. The Bertz CT molecular complexity index is 871. The molecule has 0 heterocycles. The largest absolute Gasteiger partial charge is 0.451 e. The van der Waals surface area contributed by atoms with E-state index < -0.39 is 30.4 Å². The van der Waals surface area contributed by atoms with E-state index in [1.165, 1.54) is 25.1 Å². The second-order valence-electron chi connectivity index (χ2n) is 5.80. The highest BCUT2D eigenvalue weighted by Gasteiger charge is 2.19. The number of esters is 1. The molecule has 2 amide bonds. The molecule has 0 aliphatic heterocycles. The molecule has 0 unspecified atom stereocenters. The van der Waals surface area contributed by atoms with Gasteiger partial charge in [0.15, 0.2) is 6.10 Å². The maximum absolute atomic E-state index is 12.1. The first-order chi connectivity index (χ1) is 12.8. The van der Waals surface area contributed by atoms with E-state index in [0.717, 1.165) is 5.56 Å². The third-order valence-electron chi connectivity index (χ3n) is 3.53. The van der Waals surface area contributed by atoms with Crippen LogP contribution in [0, 0.1) is 6.92 Å². The Labute approximate surface area is 166 Å². The minimum atomic E-state index is -1.02. The average Bonchev–Trinajstić information content (AvgIpc) is 2.59. The summed E-state index contributed by atoms with van der Waals surface area (Å²) >= 11 is 11.7. The summed E-state index contributed by atoms with van der Waals surface area (Å²) in [6.07, 6.45) is -1.02. The summed E-state index contributed by atoms with van der Waals surface area (Å²) in [6.45, 7) is 2.94. The number of rotatable bonds is 6. The molecule has 8 heteroatoms. The maximum Gasteiger partial charge on any atom is 0.326 e. The van der Waals surface area contributed by atoms with Crippen LogP contribution in [0.5, 0.6) is 0 Å². The predicted octanol–water partition coefficient (Wildman–Crippen LogP) is 3.60. The fraction of sp³-hybridized carbons (Fsp3) is 0.211. The number of carbonyl (C=O) groups excluding carboxylic acids is 3. The van der Waals surface area contributed by atoms with Crippen molar-refractivity contribution in [1.82, 2.24) is 5.32 Å². The van der Waals surface area contributed by atoms with Gasteiger partial charge in [0.2, 0.25) is 0 Å². The summed E-state index contributed by atoms with van der Waals surface area (Å²) in [5.74, 6) is -1.77. The lowest BCUT2D eigenvalue weighted by Crippen LogP contribution is -2.35. The average molecular weight is 409 g/mol. The molecule has 2 N–H and O–H groups in total. The summed E-state index contributed by atoms with van der Waals surface area (Å²) in [5, 5.41) is 5.60. The molecule has 0 aliphatic rings. The van der Waals surface area contributed by atoms with Crippen molar-refractivity contribution in [2.24, 2.45) is 0 Å². The minimum absolute atomic E-state index is 0.166. The van der Waals surface area contributed by atoms with E-state index >= 15 is 0 Å². The summed E-state index contributed by atoms with van der Waals surface area (Å²) in [4.78, 5) is 36.0. The van der Waals surface area contributed by atoms with Crippen molar-refractivity contribution in [3.05, 3.63) is 63.6 Å². The van der Waals surface area contributed by atoms with E-state index in [4.69, 9.17) is 27.9 Å². The number of anilines is 1. The van der Waals surface area contributed by atoms with Crippen LogP contribution in [0.15, 0.2) is 42.5 Å². The van der Waals surface area contributed by atoms with Gasteiger partial charge in [-0.1, -0.05) is 35.3 Å². The first-order valence-corrected chi connectivity index (χ1v) is 8.82. The molecule has 142 valence electrons. The number of nitrogens with one attached hydrogen (secondary N) is 2. The van der Waals surface area contributed by atoms with E-state index in [0.29, 0.717) is 10.7 Å². The van der Waals surface area contributed by atoms with Gasteiger partial charge in [-0.15, -0.1) is 0 Å². The lowest BCUT2D eigenvalue weighted by molar-refractivity contribution is -0.152. The zero-order valence-corrected chi connectivity index (χ0v) is 16.2. The third kappa shape index (κ3) is 6.27. The number of amides is 2. The van der Waals surface area contributed by atoms with Gasteiger partial charge in [-0.05, 0) is 49.7 Å². The Morgan fingerprint density at radius 3 is 2.52 bits per heavy atom. The van der Waals surface area contributed by atoms with Crippen LogP contribution in [0.25, 0.3) is 0 Å². The van der Waals surface area contributed by atoms with Crippen LogP contribution in [0.4, 0.5) is 5.69 Å². The summed E-state index contributed by atoms with van der Waals surface area (Å²) in [6, 6.07) is 11.6. The van der Waals surface area contributed by atoms with Crippen molar-refractivity contribution in [2.75, 3.05) is 11.9 Å². The Morgan fingerprint density at radius 1 is 1.11 bits per heavy atom. The van der Waals surface area contributed by atoms with Gasteiger partial charge in [0.05, 0.1) is 10.6 Å². The topological polar surface area (TPSA) is 84.5 Å². The maximum atomic E-state index is 12.1. The Hall–Kier alpha value is -2.57. The molecular formula is C19H18Cl2N2O4. The van der Waals surface area contributed by atoms with Crippen LogP contribution in [-0.2, 0) is 14.3 Å². The zero-order valence-electron chi connectivity index (χ0n) is 14.7. The van der Waals surface area contributed by atoms with Crippen LogP contribution in [0.1, 0.15) is 22.8 Å². The zero-order chi connectivity index (χ0) is 20.0. The fourth-order valence-electron chi connectivity index (χ4n) is 2.18. The molecule has 2 aromatic carbocycles. The van der Waals surface area contributed by atoms with E-state index in [1.54, 1.807) is 18.2 Å². The molecule has 2 aromatic rings. The second kappa shape index (κ2) is 9.39. The van der Waals surface area contributed by atoms with Gasteiger partial charge < -0.3 is 15.4 Å². The fourth-order valence-corrected chi connectivity index (χ4v) is 2.67. The van der Waals surface area contributed by atoms with Gasteiger partial charge in [0.25, 0.3) is 11.8 Å². The highest BCUT2D eigenvalue weighted by Crippen LogP contribution is 2.20. The molecule has 27 heavy (non-hydrogen) atoms. The number of ether oxygens (including phenoxy) is 1. The smallest absolute Gasteiger partial charge is 0.326 e. The lowest BCUT2D eigenvalue weighted by atomic mass is 10.2. The minimum Gasteiger partial charge on any atom is -0.451 e. The van der Waals surface area contributed by atoms with Gasteiger partial charge in [0, 0.05) is 10.7 Å². The van der Waals surface area contributed by atoms with E-state index in [9.17, 15) is 14.4 Å². The first kappa shape index (κ1) is 20.7. The van der Waals surface area contributed by atoms with Crippen molar-refractivity contribution in [2.45, 2.75) is 20.0 Å². The van der Waals surface area contributed by atoms with Crippen molar-refractivity contribution in [1.29, 1.82) is 0 Å². The van der Waals surface area contributed by atoms with Crippen LogP contribution < -0.4 is 10.6 Å². The van der Waals surface area contributed by atoms with Gasteiger partial charge in [0.1, 0.15) is 6.54 Å². The van der Waals surface area contributed by atoms with Gasteiger partial charge in [-0.2, -0.15) is 0 Å². The Morgan fingerprint density at radius 2 is 1.85 bits per heavy atom. The molecule has 0 saturated heterocycles. The quantitative estimate of drug-likeness (QED) is 0.714. The standard InChI is InChI=1S/C19H18Cl2N2O4/c1-11-4-3-5-14(8-11)23-18(25)12(2)27-17(24)10-22-19(26)15-7-6-13(20)9-16(15)21/h3-9,12H,10H2,1-2H3,(H,22,26)(H,23,25)/t12-/m1/s1. The van der Waals surface area contributed by atoms with Crippen LogP contribution >= 0.6 is 23.2 Å². The molecular weight excluding hydrogens is 391 g/mol. The van der Waals surface area contributed by atoms with Crippen LogP contribution in [0.3, 0.4) is 0 Å². The molecule has 1 atom stereocenters. The number of aryl methyl sites for hydroxylation is 1. The van der Waals surface area contributed by atoms with Crippen LogP contribution in [0.2, 0.25) is 10.0 Å². The third-order valence-corrected chi connectivity index (χ3v) is 4.08. The van der Waals surface area contributed by atoms with E-state index in [2.05, 4.69) is 10.6 Å². The predicted molar refractivity (Wildman–Crippen MR) is 104 cm³/mol. The molecule has 6 nitrogen and oxygen atoms in total. The number of hydrogen-bond acceptors (Lipinski definition) is 4. The normalized spacial score (nSPS) is 11.4. The summed E-state index contributed by atoms with van der Waals surface area (Å²) < 4.78 is 5.03. The second-order valence-corrected chi connectivity index (χ2v) is 6.64. The number of halogens is 2. The number of benzene rings is 2. The van der Waals surface area contributed by atoms with Crippen molar-refractivity contribution >= 4 is 46.7 Å². The highest BCUT2D eigenvalue weighted by atomic mass is 35.5. The molecule has 0 spiro atoms. The monoisotopic (exact) mass is 408 g/mol. The summed E-state index contributed by atoms with van der Waals surface area (Å²) in [5.41, 5.74) is 1.77. The molecule has 2 rings (SSSR count). The number of carbonyl (C=O) groups is 3. The summed E-state index contributed by atoms with van der Waals surface area (Å²) in [7, 11) is 0. The van der Waals surface area contributed by atoms with Gasteiger partial charge in [-0.3, -0.25) is 14.4 Å². The Kier molecular flexibility index (Phi) is 7.21. The van der Waals surface area contributed by atoms with Crippen LogP contribution in [-0.4, -0.2) is 30.4 Å². The molecule has 0 saturated carbocycles. The van der Waals surface area contributed by atoms with Gasteiger partial charge in [-0.25, -0.2) is 0 Å². The Balaban J connectivity index is 1.83. The molecule has 0 bridgehead atoms. The highest BCUT2D eigenvalue weighted by molar-refractivity contribution is 6.36. The van der Waals surface area contributed by atoms with Crippen molar-refractivity contribution in [3.63, 3.8) is 0 Å².